The van der Waals surface area contributed by atoms with Crippen LogP contribution in [0, 0.1) is 10.8 Å². The molecular weight excluding hydrogens is 234 g/mol. The Labute approximate surface area is 107 Å². The molecule has 0 bridgehead atoms. The van der Waals surface area contributed by atoms with Crippen LogP contribution in [0.25, 0.3) is 0 Å². The van der Waals surface area contributed by atoms with Gasteiger partial charge in [0.1, 0.15) is 0 Å². The maximum absolute atomic E-state index is 11.2. The molecule has 0 spiro atoms. The zero-order chi connectivity index (χ0) is 13.9. The standard InChI is InChI=1S/C12H27BO3P/c1-7-11(3,4)9-10(12(5,6)8-2)13-17(14,15)16/h10H,7-9H2,1-6H3,(H2,14,15,16). The molecule has 0 fully saturated rings. The molecule has 5 heteroatoms. The molecule has 0 aliphatic heterocycles. The van der Waals surface area contributed by atoms with E-state index in [2.05, 4.69) is 41.5 Å². The topological polar surface area (TPSA) is 57.5 Å². The van der Waals surface area contributed by atoms with Crippen LogP contribution in [0.5, 0.6) is 0 Å². The number of rotatable bonds is 7. The monoisotopic (exact) mass is 261 g/mol. The van der Waals surface area contributed by atoms with Crippen LogP contribution in [0.4, 0.5) is 0 Å². The van der Waals surface area contributed by atoms with E-state index in [0.717, 1.165) is 19.3 Å². The molecule has 0 aliphatic carbocycles. The first-order chi connectivity index (χ1) is 7.43. The molecule has 1 atom stereocenters. The van der Waals surface area contributed by atoms with Gasteiger partial charge in [-0.1, -0.05) is 60.8 Å². The van der Waals surface area contributed by atoms with Crippen LogP contribution in [0.15, 0.2) is 0 Å². The smallest absolute Gasteiger partial charge is 0.275 e. The molecule has 0 amide bonds. The summed E-state index contributed by atoms with van der Waals surface area (Å²) >= 11 is 0. The fourth-order valence-corrected chi connectivity index (χ4v) is 2.74. The Morgan fingerprint density at radius 1 is 1.12 bits per heavy atom. The predicted molar refractivity (Wildman–Crippen MR) is 74.3 cm³/mol. The number of hydrogen-bond acceptors (Lipinski definition) is 1. The second kappa shape index (κ2) is 5.90. The second-order valence-corrected chi connectivity index (χ2v) is 7.89. The largest absolute Gasteiger partial charge is 0.333 e. The van der Waals surface area contributed by atoms with Gasteiger partial charge in [0.2, 0.25) is 0 Å². The molecule has 3 nitrogen and oxygen atoms in total. The van der Waals surface area contributed by atoms with Crippen molar-refractivity contribution in [1.29, 1.82) is 0 Å². The minimum atomic E-state index is -4.05. The van der Waals surface area contributed by atoms with Gasteiger partial charge in [-0.15, -0.1) is 0 Å². The Balaban J connectivity index is 4.94. The average molecular weight is 261 g/mol. The van der Waals surface area contributed by atoms with Crippen LogP contribution < -0.4 is 0 Å². The van der Waals surface area contributed by atoms with Gasteiger partial charge in [-0.3, -0.25) is 4.57 Å². The van der Waals surface area contributed by atoms with Crippen molar-refractivity contribution in [3.05, 3.63) is 0 Å². The number of hydrogen-bond donors (Lipinski definition) is 2. The van der Waals surface area contributed by atoms with E-state index < -0.39 is 7.47 Å². The third-order valence-electron chi connectivity index (χ3n) is 4.02. The first kappa shape index (κ1) is 17.2. The Morgan fingerprint density at radius 3 is 1.88 bits per heavy atom. The fraction of sp³-hybridized carbons (Fsp3) is 1.00. The molecule has 0 saturated heterocycles. The third kappa shape index (κ3) is 6.64. The van der Waals surface area contributed by atoms with Crippen molar-refractivity contribution in [3.8, 4) is 0 Å². The minimum Gasteiger partial charge on any atom is -0.333 e. The Hall–Kier alpha value is 0.215. The molecule has 0 rings (SSSR count). The summed E-state index contributed by atoms with van der Waals surface area (Å²) in [5.41, 5.74) is 0.0380. The summed E-state index contributed by atoms with van der Waals surface area (Å²) in [4.78, 5) is 18.3. The normalized spacial score (nSPS) is 15.8. The van der Waals surface area contributed by atoms with E-state index in [9.17, 15) is 14.4 Å². The highest BCUT2D eigenvalue weighted by molar-refractivity contribution is 7.82. The molecule has 0 saturated carbocycles. The summed E-state index contributed by atoms with van der Waals surface area (Å²) < 4.78 is 11.2. The predicted octanol–water partition coefficient (Wildman–Crippen LogP) is 3.83. The van der Waals surface area contributed by atoms with Gasteiger partial charge >= 0.3 is 0 Å². The summed E-state index contributed by atoms with van der Waals surface area (Å²) in [7, 11) is -4.05. The van der Waals surface area contributed by atoms with E-state index in [0.29, 0.717) is 0 Å². The van der Waals surface area contributed by atoms with E-state index in [1.54, 1.807) is 0 Å². The molecule has 17 heavy (non-hydrogen) atoms. The minimum absolute atomic E-state index is 0.0525. The molecule has 101 valence electrons. The lowest BCUT2D eigenvalue weighted by molar-refractivity contribution is 0.227. The van der Waals surface area contributed by atoms with E-state index in [1.807, 2.05) is 0 Å². The molecular formula is C12H27BO3P. The van der Waals surface area contributed by atoms with Crippen LogP contribution in [-0.4, -0.2) is 16.8 Å². The first-order valence-corrected chi connectivity index (χ1v) is 8.03. The van der Waals surface area contributed by atoms with Crippen molar-refractivity contribution in [2.24, 2.45) is 10.8 Å². The van der Waals surface area contributed by atoms with Crippen LogP contribution in [0.2, 0.25) is 5.82 Å². The quantitative estimate of drug-likeness (QED) is 0.540. The average Bonchev–Trinajstić information content (AvgIpc) is 2.14. The van der Waals surface area contributed by atoms with E-state index >= 15 is 0 Å². The highest BCUT2D eigenvalue weighted by Crippen LogP contribution is 2.50. The van der Waals surface area contributed by atoms with Gasteiger partial charge in [-0.2, -0.15) is 0 Å². The van der Waals surface area contributed by atoms with E-state index in [1.165, 1.54) is 7.00 Å². The third-order valence-corrected chi connectivity index (χ3v) is 4.77. The molecule has 0 aromatic heterocycles. The highest BCUT2D eigenvalue weighted by atomic mass is 31.2. The van der Waals surface area contributed by atoms with Gasteiger partial charge in [-0.05, 0) is 16.6 Å². The van der Waals surface area contributed by atoms with Crippen LogP contribution in [-0.2, 0) is 4.57 Å². The lowest BCUT2D eigenvalue weighted by atomic mass is 9.59. The van der Waals surface area contributed by atoms with E-state index in [4.69, 9.17) is 0 Å². The van der Waals surface area contributed by atoms with Gasteiger partial charge in [0.05, 0.1) is 0 Å². The zero-order valence-electron chi connectivity index (χ0n) is 12.0. The van der Waals surface area contributed by atoms with Gasteiger partial charge in [0.25, 0.3) is 14.5 Å². The lowest BCUT2D eigenvalue weighted by Gasteiger charge is -2.38. The van der Waals surface area contributed by atoms with Crippen molar-refractivity contribution < 1.29 is 14.4 Å². The van der Waals surface area contributed by atoms with Gasteiger partial charge < -0.3 is 9.79 Å². The van der Waals surface area contributed by atoms with Crippen molar-refractivity contribution in [1.82, 2.24) is 0 Å². The maximum Gasteiger partial charge on any atom is 0.275 e. The highest BCUT2D eigenvalue weighted by Gasteiger charge is 2.37. The van der Waals surface area contributed by atoms with Crippen LogP contribution >= 0.6 is 7.47 Å². The summed E-state index contributed by atoms with van der Waals surface area (Å²) in [5.74, 6) is -0.0525. The van der Waals surface area contributed by atoms with Gasteiger partial charge in [0, 0.05) is 0 Å². The molecule has 0 aromatic rings. The maximum atomic E-state index is 11.2. The van der Waals surface area contributed by atoms with Crippen LogP contribution in [0.1, 0.15) is 60.8 Å². The molecule has 0 aliphatic rings. The van der Waals surface area contributed by atoms with Crippen LogP contribution in [0.3, 0.4) is 0 Å². The Kier molecular flexibility index (Phi) is 5.98. The lowest BCUT2D eigenvalue weighted by Crippen LogP contribution is -2.28. The molecule has 0 heterocycles. The van der Waals surface area contributed by atoms with Gasteiger partial charge in [0.15, 0.2) is 0 Å². The second-order valence-electron chi connectivity index (χ2n) is 6.41. The molecule has 1 radical (unpaired) electrons. The summed E-state index contributed by atoms with van der Waals surface area (Å²) in [6.45, 7) is 13.9. The SMILES string of the molecule is CCC(C)(C)CC([B]P(=O)(O)O)C(C)(C)CC. The molecule has 2 N–H and O–H groups in total. The van der Waals surface area contributed by atoms with Gasteiger partial charge in [-0.25, -0.2) is 0 Å². The Morgan fingerprint density at radius 2 is 1.59 bits per heavy atom. The zero-order valence-corrected chi connectivity index (χ0v) is 12.9. The van der Waals surface area contributed by atoms with Crippen molar-refractivity contribution in [2.75, 3.05) is 0 Å². The van der Waals surface area contributed by atoms with Crippen molar-refractivity contribution in [3.63, 3.8) is 0 Å². The molecule has 1 unspecified atom stereocenters. The fourth-order valence-electron chi connectivity index (χ4n) is 1.77. The summed E-state index contributed by atoms with van der Waals surface area (Å²) in [6.07, 6.45) is 2.74. The summed E-state index contributed by atoms with van der Waals surface area (Å²) in [6, 6.07) is 0. The summed E-state index contributed by atoms with van der Waals surface area (Å²) in [5, 5.41) is 0. The molecule has 0 aromatic carbocycles. The van der Waals surface area contributed by atoms with E-state index in [-0.39, 0.29) is 16.6 Å². The van der Waals surface area contributed by atoms with Crippen molar-refractivity contribution in [2.45, 2.75) is 66.6 Å². The first-order valence-electron chi connectivity index (χ1n) is 6.35. The van der Waals surface area contributed by atoms with Crippen molar-refractivity contribution >= 4 is 14.5 Å². The Bertz CT molecular complexity index is 283.